The van der Waals surface area contributed by atoms with Gasteiger partial charge in [0.25, 0.3) is 0 Å². The monoisotopic (exact) mass is 227 g/mol. The van der Waals surface area contributed by atoms with Crippen molar-refractivity contribution in [2.45, 2.75) is 25.4 Å². The molecule has 1 saturated heterocycles. The molecule has 2 heterocycles. The molecule has 88 valence electrons. The second-order valence-corrected chi connectivity index (χ2v) is 4.63. The quantitative estimate of drug-likeness (QED) is 0.796. The maximum absolute atomic E-state index is 5.54. The maximum atomic E-state index is 5.54. The summed E-state index contributed by atoms with van der Waals surface area (Å²) in [6.07, 6.45) is 4.24. The zero-order valence-corrected chi connectivity index (χ0v) is 9.88. The summed E-state index contributed by atoms with van der Waals surface area (Å²) < 4.78 is 5.54. The highest BCUT2D eigenvalue weighted by Gasteiger charge is 2.27. The number of furan rings is 1. The Bertz CT molecular complexity index is 449. The molecule has 0 saturated carbocycles. The molecule has 1 aliphatic heterocycles. The first kappa shape index (κ1) is 10.6. The number of nitrogens with zero attached hydrogens (tertiary/aromatic N) is 1. The zero-order chi connectivity index (χ0) is 11.5. The molecule has 1 aromatic carbocycles. The second kappa shape index (κ2) is 4.76. The van der Waals surface area contributed by atoms with E-state index in [1.54, 1.807) is 6.26 Å². The Balaban J connectivity index is 1.75. The van der Waals surface area contributed by atoms with Crippen LogP contribution in [0.4, 0.5) is 0 Å². The molecule has 1 fully saturated rings. The van der Waals surface area contributed by atoms with Crippen LogP contribution in [0, 0.1) is 0 Å². The van der Waals surface area contributed by atoms with Crippen molar-refractivity contribution in [3.05, 3.63) is 60.1 Å². The van der Waals surface area contributed by atoms with Gasteiger partial charge in [0.15, 0.2) is 0 Å². The fraction of sp³-hybridized carbons (Fsp3) is 0.333. The van der Waals surface area contributed by atoms with Gasteiger partial charge in [-0.2, -0.15) is 0 Å². The van der Waals surface area contributed by atoms with Gasteiger partial charge in [-0.05, 0) is 37.1 Å². The van der Waals surface area contributed by atoms with Gasteiger partial charge < -0.3 is 4.42 Å². The lowest BCUT2D eigenvalue weighted by atomic mass is 10.1. The van der Waals surface area contributed by atoms with Crippen LogP contribution in [0.1, 0.15) is 30.2 Å². The van der Waals surface area contributed by atoms with Crippen LogP contribution in [0.2, 0.25) is 0 Å². The highest BCUT2D eigenvalue weighted by molar-refractivity contribution is 5.16. The molecule has 1 aromatic heterocycles. The molecule has 2 nitrogen and oxygen atoms in total. The van der Waals surface area contributed by atoms with E-state index in [4.69, 9.17) is 4.42 Å². The first-order valence-corrected chi connectivity index (χ1v) is 6.25. The summed E-state index contributed by atoms with van der Waals surface area (Å²) in [5, 5.41) is 0. The van der Waals surface area contributed by atoms with Gasteiger partial charge in [-0.25, -0.2) is 0 Å². The van der Waals surface area contributed by atoms with Gasteiger partial charge in [0.1, 0.15) is 5.76 Å². The standard InChI is InChI=1S/C15H17NO/c1-2-6-13(7-3-1)12-16-10-4-8-14(16)15-9-5-11-17-15/h1-3,5-7,9,11,14H,4,8,10,12H2. The van der Waals surface area contributed by atoms with E-state index >= 15 is 0 Å². The molecular weight excluding hydrogens is 210 g/mol. The Morgan fingerprint density at radius 3 is 2.76 bits per heavy atom. The summed E-state index contributed by atoms with van der Waals surface area (Å²) in [5.41, 5.74) is 1.38. The molecule has 0 aliphatic carbocycles. The molecule has 0 bridgehead atoms. The SMILES string of the molecule is c1ccc(CN2CCCC2c2ccco2)cc1. The fourth-order valence-electron chi connectivity index (χ4n) is 2.64. The Hall–Kier alpha value is -1.54. The van der Waals surface area contributed by atoms with E-state index in [0.29, 0.717) is 6.04 Å². The summed E-state index contributed by atoms with van der Waals surface area (Å²) in [6, 6.07) is 15.2. The van der Waals surface area contributed by atoms with E-state index in [9.17, 15) is 0 Å². The van der Waals surface area contributed by atoms with Crippen LogP contribution in [-0.2, 0) is 6.54 Å². The third-order valence-electron chi connectivity index (χ3n) is 3.46. The molecule has 0 spiro atoms. The summed E-state index contributed by atoms with van der Waals surface area (Å²) in [4.78, 5) is 2.51. The molecule has 1 unspecified atom stereocenters. The summed E-state index contributed by atoms with van der Waals surface area (Å²) in [6.45, 7) is 2.19. The average molecular weight is 227 g/mol. The fourth-order valence-corrected chi connectivity index (χ4v) is 2.64. The average Bonchev–Trinajstić information content (AvgIpc) is 3.00. The van der Waals surface area contributed by atoms with Gasteiger partial charge >= 0.3 is 0 Å². The van der Waals surface area contributed by atoms with Crippen molar-refractivity contribution in [3.8, 4) is 0 Å². The molecule has 3 rings (SSSR count). The van der Waals surface area contributed by atoms with Crippen LogP contribution in [0.15, 0.2) is 53.1 Å². The predicted octanol–water partition coefficient (Wildman–Crippen LogP) is 3.62. The number of hydrogen-bond donors (Lipinski definition) is 0. The first-order chi connectivity index (χ1) is 8.43. The molecule has 0 N–H and O–H groups in total. The van der Waals surface area contributed by atoms with E-state index in [1.807, 2.05) is 6.07 Å². The van der Waals surface area contributed by atoms with Gasteiger partial charge in [-0.15, -0.1) is 0 Å². The topological polar surface area (TPSA) is 16.4 Å². The van der Waals surface area contributed by atoms with Crippen LogP contribution in [0.3, 0.4) is 0 Å². The molecule has 2 aromatic rings. The van der Waals surface area contributed by atoms with Gasteiger partial charge in [0, 0.05) is 6.54 Å². The predicted molar refractivity (Wildman–Crippen MR) is 67.5 cm³/mol. The Morgan fingerprint density at radius 2 is 2.00 bits per heavy atom. The highest BCUT2D eigenvalue weighted by Crippen LogP contribution is 2.33. The molecule has 2 heteroatoms. The molecule has 0 radical (unpaired) electrons. The van der Waals surface area contributed by atoms with Crippen LogP contribution in [-0.4, -0.2) is 11.4 Å². The molecular formula is C15H17NO. The van der Waals surface area contributed by atoms with Crippen molar-refractivity contribution < 1.29 is 4.42 Å². The van der Waals surface area contributed by atoms with E-state index in [1.165, 1.54) is 24.9 Å². The van der Waals surface area contributed by atoms with Crippen LogP contribution < -0.4 is 0 Å². The van der Waals surface area contributed by atoms with Crippen molar-refractivity contribution in [2.24, 2.45) is 0 Å². The van der Waals surface area contributed by atoms with Crippen LogP contribution in [0.5, 0.6) is 0 Å². The van der Waals surface area contributed by atoms with Gasteiger partial charge in [0.05, 0.1) is 12.3 Å². The lowest BCUT2D eigenvalue weighted by Crippen LogP contribution is -2.22. The highest BCUT2D eigenvalue weighted by atomic mass is 16.3. The minimum Gasteiger partial charge on any atom is -0.468 e. The van der Waals surface area contributed by atoms with Crippen molar-refractivity contribution in [1.29, 1.82) is 0 Å². The largest absolute Gasteiger partial charge is 0.468 e. The molecule has 1 aliphatic rings. The minimum absolute atomic E-state index is 0.463. The van der Waals surface area contributed by atoms with Crippen molar-refractivity contribution in [2.75, 3.05) is 6.54 Å². The summed E-state index contributed by atoms with van der Waals surface area (Å²) >= 11 is 0. The number of hydrogen-bond acceptors (Lipinski definition) is 2. The number of rotatable bonds is 3. The minimum atomic E-state index is 0.463. The molecule has 17 heavy (non-hydrogen) atoms. The van der Waals surface area contributed by atoms with Crippen molar-refractivity contribution >= 4 is 0 Å². The zero-order valence-electron chi connectivity index (χ0n) is 9.88. The number of likely N-dealkylation sites (tertiary alicyclic amines) is 1. The van der Waals surface area contributed by atoms with E-state index < -0.39 is 0 Å². The second-order valence-electron chi connectivity index (χ2n) is 4.63. The summed E-state index contributed by atoms with van der Waals surface area (Å²) in [5.74, 6) is 1.11. The summed E-state index contributed by atoms with van der Waals surface area (Å²) in [7, 11) is 0. The molecule has 0 amide bonds. The maximum Gasteiger partial charge on any atom is 0.120 e. The van der Waals surface area contributed by atoms with Gasteiger partial charge in [0.2, 0.25) is 0 Å². The lowest BCUT2D eigenvalue weighted by Gasteiger charge is -2.22. The van der Waals surface area contributed by atoms with E-state index in [-0.39, 0.29) is 0 Å². The van der Waals surface area contributed by atoms with E-state index in [0.717, 1.165) is 12.3 Å². The third-order valence-corrected chi connectivity index (χ3v) is 3.46. The smallest absolute Gasteiger partial charge is 0.120 e. The van der Waals surface area contributed by atoms with Crippen molar-refractivity contribution in [3.63, 3.8) is 0 Å². The van der Waals surface area contributed by atoms with Crippen LogP contribution >= 0.6 is 0 Å². The number of benzene rings is 1. The van der Waals surface area contributed by atoms with Gasteiger partial charge in [-0.3, -0.25) is 4.90 Å². The molecule has 1 atom stereocenters. The first-order valence-electron chi connectivity index (χ1n) is 6.25. The Labute approximate surface area is 102 Å². The Kier molecular flexibility index (Phi) is 2.97. The third kappa shape index (κ3) is 2.27. The normalized spacial score (nSPS) is 20.8. The van der Waals surface area contributed by atoms with Crippen LogP contribution in [0.25, 0.3) is 0 Å². The lowest BCUT2D eigenvalue weighted by molar-refractivity contribution is 0.221. The van der Waals surface area contributed by atoms with Crippen molar-refractivity contribution in [1.82, 2.24) is 4.90 Å². The Morgan fingerprint density at radius 1 is 1.12 bits per heavy atom. The van der Waals surface area contributed by atoms with E-state index in [2.05, 4.69) is 41.3 Å². The van der Waals surface area contributed by atoms with Gasteiger partial charge in [-0.1, -0.05) is 30.3 Å².